The lowest BCUT2D eigenvalue weighted by Gasteiger charge is -2.25. The first-order valence-electron chi connectivity index (χ1n) is 7.66. The minimum absolute atomic E-state index is 0.0256. The third kappa shape index (κ3) is 3.41. The molecule has 0 bridgehead atoms. The second-order valence-corrected chi connectivity index (χ2v) is 8.28. The summed E-state index contributed by atoms with van der Waals surface area (Å²) in [5, 5.41) is 0.705. The summed E-state index contributed by atoms with van der Waals surface area (Å²) in [6.07, 6.45) is 0. The lowest BCUT2D eigenvalue weighted by atomic mass is 9.86. The van der Waals surface area contributed by atoms with Crippen molar-refractivity contribution in [3.05, 3.63) is 64.7 Å². The molecule has 2 nitrogen and oxygen atoms in total. The van der Waals surface area contributed by atoms with Crippen LogP contribution in [0.15, 0.2) is 48.5 Å². The van der Waals surface area contributed by atoms with E-state index in [9.17, 15) is 4.79 Å². The normalized spacial score (nSPS) is 18.5. The van der Waals surface area contributed by atoms with E-state index < -0.39 is 0 Å². The fourth-order valence-electron chi connectivity index (χ4n) is 2.70. The third-order valence-electron chi connectivity index (χ3n) is 4.03. The van der Waals surface area contributed by atoms with Gasteiger partial charge in [0.25, 0.3) is 0 Å². The topological polar surface area (TPSA) is 20.3 Å². The Bertz CT molecular complexity index is 704. The number of amides is 1. The van der Waals surface area contributed by atoms with Gasteiger partial charge in [-0.25, -0.2) is 0 Å². The Morgan fingerprint density at radius 2 is 1.65 bits per heavy atom. The third-order valence-corrected chi connectivity index (χ3v) is 5.50. The minimum Gasteiger partial charge on any atom is -0.295 e. The number of benzene rings is 2. The molecule has 0 N–H and O–H groups in total. The Labute approximate surface area is 146 Å². The molecule has 0 aliphatic carbocycles. The van der Waals surface area contributed by atoms with Gasteiger partial charge in [-0.3, -0.25) is 9.69 Å². The Morgan fingerprint density at radius 1 is 1.04 bits per heavy atom. The highest BCUT2D eigenvalue weighted by molar-refractivity contribution is 8.00. The summed E-state index contributed by atoms with van der Waals surface area (Å²) in [7, 11) is 0. The SMILES string of the molecule is CC(C)(C)c1ccc(C2SCC(=O)N2c2ccc(Cl)cc2)cc1. The molecule has 1 aliphatic heterocycles. The molecule has 23 heavy (non-hydrogen) atoms. The van der Waals surface area contributed by atoms with Crippen molar-refractivity contribution in [3.8, 4) is 0 Å². The molecule has 1 heterocycles. The Morgan fingerprint density at radius 3 is 2.22 bits per heavy atom. The van der Waals surface area contributed by atoms with Crippen molar-refractivity contribution < 1.29 is 4.79 Å². The van der Waals surface area contributed by atoms with E-state index in [0.29, 0.717) is 10.8 Å². The van der Waals surface area contributed by atoms with Gasteiger partial charge in [0.1, 0.15) is 5.37 Å². The van der Waals surface area contributed by atoms with Crippen LogP contribution < -0.4 is 4.90 Å². The van der Waals surface area contributed by atoms with Gasteiger partial charge in [-0.15, -0.1) is 11.8 Å². The minimum atomic E-state index is 0.0256. The smallest absolute Gasteiger partial charge is 0.238 e. The number of nitrogens with zero attached hydrogens (tertiary/aromatic N) is 1. The van der Waals surface area contributed by atoms with Crippen LogP contribution in [0.3, 0.4) is 0 Å². The van der Waals surface area contributed by atoms with Crippen LogP contribution in [-0.2, 0) is 10.2 Å². The molecule has 1 fully saturated rings. The summed E-state index contributed by atoms with van der Waals surface area (Å²) in [6.45, 7) is 6.61. The zero-order valence-corrected chi connectivity index (χ0v) is 15.1. The first-order valence-corrected chi connectivity index (χ1v) is 9.08. The lowest BCUT2D eigenvalue weighted by Crippen LogP contribution is -2.27. The molecule has 120 valence electrons. The van der Waals surface area contributed by atoms with Crippen LogP contribution >= 0.6 is 23.4 Å². The average molecular weight is 346 g/mol. The molecule has 4 heteroatoms. The summed E-state index contributed by atoms with van der Waals surface area (Å²) < 4.78 is 0. The van der Waals surface area contributed by atoms with Gasteiger partial charge in [-0.05, 0) is 40.8 Å². The maximum Gasteiger partial charge on any atom is 0.238 e. The van der Waals surface area contributed by atoms with Gasteiger partial charge >= 0.3 is 0 Å². The number of rotatable bonds is 2. The maximum atomic E-state index is 12.3. The number of carbonyl (C=O) groups is 1. The molecular weight excluding hydrogens is 326 g/mol. The van der Waals surface area contributed by atoms with E-state index >= 15 is 0 Å². The Hall–Kier alpha value is -1.45. The summed E-state index contributed by atoms with van der Waals surface area (Å²) >= 11 is 7.63. The largest absolute Gasteiger partial charge is 0.295 e. The Kier molecular flexibility index (Phi) is 4.43. The monoisotopic (exact) mass is 345 g/mol. The van der Waals surface area contributed by atoms with E-state index in [2.05, 4.69) is 45.0 Å². The molecule has 0 saturated carbocycles. The fraction of sp³-hybridized carbons (Fsp3) is 0.316. The van der Waals surface area contributed by atoms with Gasteiger partial charge < -0.3 is 0 Å². The number of anilines is 1. The van der Waals surface area contributed by atoms with Gasteiger partial charge in [0.05, 0.1) is 5.75 Å². The Balaban J connectivity index is 1.91. The van der Waals surface area contributed by atoms with Gasteiger partial charge in [-0.1, -0.05) is 56.6 Å². The molecule has 0 spiro atoms. The molecule has 1 saturated heterocycles. The highest BCUT2D eigenvalue weighted by Crippen LogP contribution is 2.42. The molecule has 2 aromatic carbocycles. The van der Waals surface area contributed by atoms with Gasteiger partial charge in [0.2, 0.25) is 5.91 Å². The maximum absolute atomic E-state index is 12.3. The highest BCUT2D eigenvalue weighted by Gasteiger charge is 2.34. The fourth-order valence-corrected chi connectivity index (χ4v) is 4.00. The molecule has 3 rings (SSSR count). The number of hydrogen-bond donors (Lipinski definition) is 0. The van der Waals surface area contributed by atoms with E-state index in [1.165, 1.54) is 5.56 Å². The summed E-state index contributed by atoms with van der Waals surface area (Å²) in [6, 6.07) is 16.1. The lowest BCUT2D eigenvalue weighted by molar-refractivity contribution is -0.115. The molecular formula is C19H20ClNOS. The second kappa shape index (κ2) is 6.21. The zero-order chi connectivity index (χ0) is 16.6. The van der Waals surface area contributed by atoms with E-state index in [1.54, 1.807) is 11.8 Å². The highest BCUT2D eigenvalue weighted by atomic mass is 35.5. The van der Waals surface area contributed by atoms with E-state index in [0.717, 1.165) is 11.3 Å². The van der Waals surface area contributed by atoms with Crippen LogP contribution in [0.5, 0.6) is 0 Å². The molecule has 1 amide bonds. The number of carbonyl (C=O) groups excluding carboxylic acids is 1. The van der Waals surface area contributed by atoms with Gasteiger partial charge in [0.15, 0.2) is 0 Å². The predicted molar refractivity (Wildman–Crippen MR) is 99.3 cm³/mol. The van der Waals surface area contributed by atoms with Crippen LogP contribution in [0.25, 0.3) is 0 Å². The van der Waals surface area contributed by atoms with Crippen molar-refractivity contribution >= 4 is 35.0 Å². The van der Waals surface area contributed by atoms with Crippen LogP contribution in [0.2, 0.25) is 5.02 Å². The predicted octanol–water partition coefficient (Wildman–Crippen LogP) is 5.42. The first-order chi connectivity index (χ1) is 10.9. The van der Waals surface area contributed by atoms with Gasteiger partial charge in [-0.2, -0.15) is 0 Å². The molecule has 0 aromatic heterocycles. The standard InChI is InChI=1S/C19H20ClNOS/c1-19(2,3)14-6-4-13(5-7-14)18-21(17(22)12-23-18)16-10-8-15(20)9-11-16/h4-11,18H,12H2,1-3H3. The van der Waals surface area contributed by atoms with E-state index in [1.807, 2.05) is 29.2 Å². The van der Waals surface area contributed by atoms with Crippen LogP contribution in [0, 0.1) is 0 Å². The average Bonchev–Trinajstić information content (AvgIpc) is 2.89. The van der Waals surface area contributed by atoms with Crippen molar-refractivity contribution in [2.24, 2.45) is 0 Å². The number of thioether (sulfide) groups is 1. The summed E-state index contributed by atoms with van der Waals surface area (Å²) in [5.74, 6) is 0.649. The van der Waals surface area contributed by atoms with Crippen molar-refractivity contribution in [2.75, 3.05) is 10.7 Å². The zero-order valence-electron chi connectivity index (χ0n) is 13.5. The summed E-state index contributed by atoms with van der Waals surface area (Å²) in [4.78, 5) is 14.2. The van der Waals surface area contributed by atoms with Crippen molar-refractivity contribution in [1.29, 1.82) is 0 Å². The van der Waals surface area contributed by atoms with Crippen LogP contribution in [0.4, 0.5) is 5.69 Å². The van der Waals surface area contributed by atoms with Crippen molar-refractivity contribution in [2.45, 2.75) is 31.6 Å². The molecule has 1 aliphatic rings. The van der Waals surface area contributed by atoms with Gasteiger partial charge in [0, 0.05) is 10.7 Å². The summed E-state index contributed by atoms with van der Waals surface area (Å²) in [5.41, 5.74) is 3.49. The molecule has 1 unspecified atom stereocenters. The van der Waals surface area contributed by atoms with Crippen molar-refractivity contribution in [3.63, 3.8) is 0 Å². The molecule has 1 atom stereocenters. The quantitative estimate of drug-likeness (QED) is 0.724. The molecule has 0 radical (unpaired) electrons. The number of hydrogen-bond acceptors (Lipinski definition) is 2. The van der Waals surface area contributed by atoms with Crippen LogP contribution in [-0.4, -0.2) is 11.7 Å². The molecule has 2 aromatic rings. The van der Waals surface area contributed by atoms with E-state index in [4.69, 9.17) is 11.6 Å². The first kappa shape index (κ1) is 16.4. The van der Waals surface area contributed by atoms with E-state index in [-0.39, 0.29) is 16.7 Å². The van der Waals surface area contributed by atoms with Crippen LogP contribution in [0.1, 0.15) is 37.3 Å². The number of halogens is 1. The van der Waals surface area contributed by atoms with Crippen molar-refractivity contribution in [1.82, 2.24) is 0 Å². The second-order valence-electron chi connectivity index (χ2n) is 6.78.